The lowest BCUT2D eigenvalue weighted by atomic mass is 10.2. The second kappa shape index (κ2) is 7.85. The van der Waals surface area contributed by atoms with Gasteiger partial charge in [-0.3, -0.25) is 4.90 Å². The molecule has 140 valence electrons. The van der Waals surface area contributed by atoms with Crippen LogP contribution in [0, 0.1) is 0 Å². The molecule has 0 spiro atoms. The van der Waals surface area contributed by atoms with Crippen molar-refractivity contribution in [3.05, 3.63) is 29.0 Å². The molecule has 0 bridgehead atoms. The van der Waals surface area contributed by atoms with Gasteiger partial charge in [-0.2, -0.15) is 0 Å². The van der Waals surface area contributed by atoms with E-state index >= 15 is 0 Å². The minimum atomic E-state index is 0.187. The van der Waals surface area contributed by atoms with E-state index in [0.29, 0.717) is 6.04 Å². The third kappa shape index (κ3) is 3.54. The summed E-state index contributed by atoms with van der Waals surface area (Å²) in [6, 6.07) is 2.63. The Kier molecular flexibility index (Phi) is 5.33. The summed E-state index contributed by atoms with van der Waals surface area (Å²) >= 11 is 1.73. The highest BCUT2D eigenvalue weighted by molar-refractivity contribution is 7.09. The van der Waals surface area contributed by atoms with Crippen LogP contribution in [0.4, 0.5) is 11.6 Å². The standard InChI is InChI=1S/C18H26N6OS/c1-14(18-19-4-10-26-18)22-6-8-23(9-7-22)16-11-17(21-13-20-16)24-5-2-3-15(24)12-25/h4,10-11,13-15,25H,2-3,5-9,12H2,1H3. The van der Waals surface area contributed by atoms with E-state index in [1.807, 2.05) is 11.6 Å². The van der Waals surface area contributed by atoms with Gasteiger partial charge in [-0.05, 0) is 19.8 Å². The van der Waals surface area contributed by atoms with Gasteiger partial charge >= 0.3 is 0 Å². The first-order valence-corrected chi connectivity index (χ1v) is 10.2. The molecule has 8 heteroatoms. The zero-order valence-electron chi connectivity index (χ0n) is 15.2. The second-order valence-corrected chi connectivity index (χ2v) is 7.90. The van der Waals surface area contributed by atoms with E-state index in [9.17, 15) is 5.11 Å². The van der Waals surface area contributed by atoms with Crippen LogP contribution in [-0.4, -0.2) is 70.3 Å². The Bertz CT molecular complexity index is 703. The maximum Gasteiger partial charge on any atom is 0.134 e. The SMILES string of the molecule is CC(c1nccs1)N1CCN(c2cc(N3CCCC3CO)ncn2)CC1. The lowest BCUT2D eigenvalue weighted by molar-refractivity contribution is 0.198. The fourth-order valence-electron chi connectivity index (χ4n) is 3.93. The van der Waals surface area contributed by atoms with Gasteiger partial charge in [0.1, 0.15) is 23.0 Å². The van der Waals surface area contributed by atoms with E-state index in [0.717, 1.165) is 57.2 Å². The van der Waals surface area contributed by atoms with Crippen LogP contribution in [0.15, 0.2) is 24.0 Å². The molecule has 2 aromatic heterocycles. The number of hydrogen-bond acceptors (Lipinski definition) is 8. The molecule has 7 nitrogen and oxygen atoms in total. The fourth-order valence-corrected chi connectivity index (χ4v) is 4.66. The zero-order chi connectivity index (χ0) is 17.9. The van der Waals surface area contributed by atoms with Crippen LogP contribution in [0.25, 0.3) is 0 Å². The zero-order valence-corrected chi connectivity index (χ0v) is 16.0. The van der Waals surface area contributed by atoms with Gasteiger partial charge in [-0.25, -0.2) is 15.0 Å². The molecular weight excluding hydrogens is 348 g/mol. The number of piperazine rings is 1. The average Bonchev–Trinajstić information content (AvgIpc) is 3.39. The molecule has 2 fully saturated rings. The molecule has 0 aliphatic carbocycles. The number of aliphatic hydroxyl groups is 1. The highest BCUT2D eigenvalue weighted by Gasteiger charge is 2.27. The van der Waals surface area contributed by atoms with Crippen LogP contribution in [-0.2, 0) is 0 Å². The first-order valence-electron chi connectivity index (χ1n) is 9.34. The highest BCUT2D eigenvalue weighted by Crippen LogP contribution is 2.27. The van der Waals surface area contributed by atoms with Crippen LogP contribution in [0.5, 0.6) is 0 Å². The molecule has 0 amide bonds. The predicted octanol–water partition coefficient (Wildman–Crippen LogP) is 1.78. The van der Waals surface area contributed by atoms with Crippen LogP contribution in [0.2, 0.25) is 0 Å². The molecule has 2 saturated heterocycles. The van der Waals surface area contributed by atoms with Crippen LogP contribution >= 0.6 is 11.3 Å². The van der Waals surface area contributed by atoms with Gasteiger partial charge in [0.05, 0.1) is 18.7 Å². The van der Waals surface area contributed by atoms with E-state index in [1.165, 1.54) is 5.01 Å². The Morgan fingerprint density at radius 1 is 1.15 bits per heavy atom. The summed E-state index contributed by atoms with van der Waals surface area (Å²) < 4.78 is 0. The summed E-state index contributed by atoms with van der Waals surface area (Å²) in [4.78, 5) is 20.4. The van der Waals surface area contributed by atoms with Crippen LogP contribution in [0.3, 0.4) is 0 Å². The Balaban J connectivity index is 1.41. The summed E-state index contributed by atoms with van der Waals surface area (Å²) in [7, 11) is 0. The summed E-state index contributed by atoms with van der Waals surface area (Å²) in [5, 5.41) is 12.8. The Hall–Kier alpha value is -1.77. The highest BCUT2D eigenvalue weighted by atomic mass is 32.1. The third-order valence-electron chi connectivity index (χ3n) is 5.52. The normalized spacial score (nSPS) is 22.8. The van der Waals surface area contributed by atoms with E-state index in [4.69, 9.17) is 0 Å². The molecule has 26 heavy (non-hydrogen) atoms. The van der Waals surface area contributed by atoms with Crippen molar-refractivity contribution >= 4 is 23.0 Å². The van der Waals surface area contributed by atoms with E-state index < -0.39 is 0 Å². The van der Waals surface area contributed by atoms with Gasteiger partial charge in [0, 0.05) is 50.4 Å². The van der Waals surface area contributed by atoms with Gasteiger partial charge in [-0.1, -0.05) is 0 Å². The molecule has 2 unspecified atom stereocenters. The minimum absolute atomic E-state index is 0.187. The second-order valence-electron chi connectivity index (χ2n) is 6.98. The van der Waals surface area contributed by atoms with Crippen molar-refractivity contribution in [2.75, 3.05) is 49.1 Å². The topological polar surface area (TPSA) is 68.6 Å². The molecule has 1 N–H and O–H groups in total. The first-order chi connectivity index (χ1) is 12.8. The number of anilines is 2. The predicted molar refractivity (Wildman–Crippen MR) is 104 cm³/mol. The molecule has 4 heterocycles. The number of aromatic nitrogens is 3. The third-order valence-corrected chi connectivity index (χ3v) is 6.46. The average molecular weight is 375 g/mol. The van der Waals surface area contributed by atoms with Crippen molar-refractivity contribution in [2.45, 2.75) is 31.8 Å². The minimum Gasteiger partial charge on any atom is -0.394 e. The smallest absolute Gasteiger partial charge is 0.134 e. The van der Waals surface area contributed by atoms with Crippen LogP contribution < -0.4 is 9.80 Å². The number of hydrogen-bond donors (Lipinski definition) is 1. The molecule has 2 atom stereocenters. The summed E-state index contributed by atoms with van der Waals surface area (Å²) in [6.45, 7) is 7.30. The lowest BCUT2D eigenvalue weighted by Crippen LogP contribution is -2.47. The molecule has 0 aromatic carbocycles. The largest absolute Gasteiger partial charge is 0.394 e. The van der Waals surface area contributed by atoms with Gasteiger partial charge in [0.15, 0.2) is 0 Å². The Morgan fingerprint density at radius 3 is 2.69 bits per heavy atom. The van der Waals surface area contributed by atoms with Gasteiger partial charge < -0.3 is 14.9 Å². The first kappa shape index (κ1) is 17.6. The number of rotatable bonds is 5. The van der Waals surface area contributed by atoms with Crippen molar-refractivity contribution in [1.82, 2.24) is 19.9 Å². The van der Waals surface area contributed by atoms with Crippen molar-refractivity contribution in [2.24, 2.45) is 0 Å². The Morgan fingerprint density at radius 2 is 1.96 bits per heavy atom. The van der Waals surface area contributed by atoms with Gasteiger partial charge in [0.2, 0.25) is 0 Å². The molecule has 2 aliphatic rings. The maximum atomic E-state index is 9.57. The molecule has 0 saturated carbocycles. The quantitative estimate of drug-likeness (QED) is 0.855. The van der Waals surface area contributed by atoms with E-state index in [2.05, 4.69) is 42.6 Å². The molecule has 2 aliphatic heterocycles. The van der Waals surface area contributed by atoms with Crippen LogP contribution in [0.1, 0.15) is 30.8 Å². The molecular formula is C18H26N6OS. The molecule has 0 radical (unpaired) electrons. The van der Waals surface area contributed by atoms with Crippen molar-refractivity contribution in [3.8, 4) is 0 Å². The van der Waals surface area contributed by atoms with E-state index in [-0.39, 0.29) is 12.6 Å². The number of nitrogens with zero attached hydrogens (tertiary/aromatic N) is 6. The number of aliphatic hydroxyl groups excluding tert-OH is 1. The van der Waals surface area contributed by atoms with Gasteiger partial charge in [0.25, 0.3) is 0 Å². The van der Waals surface area contributed by atoms with Gasteiger partial charge in [-0.15, -0.1) is 11.3 Å². The summed E-state index contributed by atoms with van der Waals surface area (Å²) in [5.74, 6) is 1.92. The summed E-state index contributed by atoms with van der Waals surface area (Å²) in [5.41, 5.74) is 0. The van der Waals surface area contributed by atoms with Crippen molar-refractivity contribution < 1.29 is 5.11 Å². The molecule has 2 aromatic rings. The van der Waals surface area contributed by atoms with Crippen molar-refractivity contribution in [3.63, 3.8) is 0 Å². The Labute approximate surface area is 158 Å². The summed E-state index contributed by atoms with van der Waals surface area (Å²) in [6.07, 6.45) is 5.68. The van der Waals surface area contributed by atoms with E-state index in [1.54, 1.807) is 17.7 Å². The van der Waals surface area contributed by atoms with Crippen molar-refractivity contribution in [1.29, 1.82) is 0 Å². The maximum absolute atomic E-state index is 9.57. The fraction of sp³-hybridized carbons (Fsp3) is 0.611. The monoisotopic (exact) mass is 374 g/mol. The lowest BCUT2D eigenvalue weighted by Gasteiger charge is -2.38. The number of thiazole rings is 1. The molecule has 4 rings (SSSR count).